The maximum Gasteiger partial charge on any atom is 0.266 e. The summed E-state index contributed by atoms with van der Waals surface area (Å²) in [7, 11) is 1.59. The number of nitrogens with one attached hydrogen (secondary N) is 1. The maximum atomic E-state index is 14.6. The van der Waals surface area contributed by atoms with E-state index in [2.05, 4.69) is 15.3 Å². The van der Waals surface area contributed by atoms with Crippen LogP contribution in [0.25, 0.3) is 10.9 Å². The summed E-state index contributed by atoms with van der Waals surface area (Å²) in [5.41, 5.74) is -0.647. The molecular weight excluding hydrogens is 409 g/mol. The van der Waals surface area contributed by atoms with E-state index in [0.29, 0.717) is 29.2 Å². The van der Waals surface area contributed by atoms with E-state index in [9.17, 15) is 18.0 Å². The summed E-state index contributed by atoms with van der Waals surface area (Å²) in [5.74, 6) is -0.112. The van der Waals surface area contributed by atoms with E-state index in [4.69, 9.17) is 4.74 Å². The molecular formula is C22H23F3N4O2. The van der Waals surface area contributed by atoms with E-state index >= 15 is 0 Å². The van der Waals surface area contributed by atoms with Crippen molar-refractivity contribution in [3.63, 3.8) is 0 Å². The van der Waals surface area contributed by atoms with E-state index in [0.717, 1.165) is 18.9 Å². The van der Waals surface area contributed by atoms with Crippen molar-refractivity contribution in [3.8, 4) is 0 Å². The molecule has 1 fully saturated rings. The van der Waals surface area contributed by atoms with Gasteiger partial charge in [-0.25, -0.2) is 23.1 Å². The summed E-state index contributed by atoms with van der Waals surface area (Å²) in [6.07, 6.45) is 0.441. The summed E-state index contributed by atoms with van der Waals surface area (Å²) < 4.78 is 47.8. The topological polar surface area (TPSA) is 69.0 Å². The van der Waals surface area contributed by atoms with E-state index in [1.165, 1.54) is 18.2 Å². The molecule has 1 aromatic carbocycles. The Morgan fingerprint density at radius 3 is 2.61 bits per heavy atom. The van der Waals surface area contributed by atoms with Gasteiger partial charge in [0.05, 0.1) is 34.7 Å². The van der Waals surface area contributed by atoms with E-state index in [1.54, 1.807) is 31.7 Å². The predicted molar refractivity (Wildman–Crippen MR) is 111 cm³/mol. The van der Waals surface area contributed by atoms with Gasteiger partial charge in [0.2, 0.25) is 0 Å². The van der Waals surface area contributed by atoms with E-state index < -0.39 is 23.8 Å². The summed E-state index contributed by atoms with van der Waals surface area (Å²) >= 11 is 0. The molecule has 0 bridgehead atoms. The zero-order valence-corrected chi connectivity index (χ0v) is 17.5. The molecule has 0 unspecified atom stereocenters. The van der Waals surface area contributed by atoms with Gasteiger partial charge in [-0.15, -0.1) is 0 Å². The van der Waals surface area contributed by atoms with Crippen LogP contribution in [-0.4, -0.2) is 28.3 Å². The lowest BCUT2D eigenvalue weighted by atomic mass is 10.0. The molecule has 9 heteroatoms. The molecule has 0 radical (unpaired) electrons. The van der Waals surface area contributed by atoms with Gasteiger partial charge in [0.1, 0.15) is 17.5 Å². The van der Waals surface area contributed by atoms with Crippen molar-refractivity contribution < 1.29 is 17.9 Å². The van der Waals surface area contributed by atoms with Crippen molar-refractivity contribution >= 4 is 16.7 Å². The Hall–Kier alpha value is -2.94. The molecule has 3 aromatic rings. The summed E-state index contributed by atoms with van der Waals surface area (Å²) in [6, 6.07) is 4.74. The second kappa shape index (κ2) is 7.96. The number of alkyl halides is 2. The van der Waals surface area contributed by atoms with Crippen LogP contribution in [0.5, 0.6) is 0 Å². The maximum absolute atomic E-state index is 14.6. The van der Waals surface area contributed by atoms with Gasteiger partial charge in [-0.3, -0.25) is 4.79 Å². The first kappa shape index (κ1) is 21.3. The van der Waals surface area contributed by atoms with Crippen molar-refractivity contribution in [2.45, 2.75) is 44.7 Å². The number of ether oxygens (including phenoxy) is 1. The number of fused-ring (bicyclic) bond motifs is 1. The normalized spacial score (nSPS) is 16.0. The van der Waals surface area contributed by atoms with Crippen LogP contribution in [-0.2, 0) is 10.3 Å². The van der Waals surface area contributed by atoms with Gasteiger partial charge >= 0.3 is 0 Å². The summed E-state index contributed by atoms with van der Waals surface area (Å²) in [4.78, 5) is 21.5. The van der Waals surface area contributed by atoms with Crippen molar-refractivity contribution in [3.05, 3.63) is 63.6 Å². The standard InChI is InChI=1S/C22H23F3N4O2/c1-12(14-5-4-6-15(19(14)23)20(24)25)26-21-16-10-29(22(7-8-22)11-31-3)18(30)9-17(16)27-13(2)28-21/h4-6,9-10,12,20H,7-8,11H2,1-3H3,(H,26,27,28)/t12-/m1/s1. The first-order valence-electron chi connectivity index (χ1n) is 9.99. The highest BCUT2D eigenvalue weighted by Gasteiger charge is 2.45. The van der Waals surface area contributed by atoms with Crippen LogP contribution in [0.2, 0.25) is 0 Å². The third-order valence-electron chi connectivity index (χ3n) is 5.71. The van der Waals surface area contributed by atoms with Gasteiger partial charge in [-0.2, -0.15) is 0 Å². The van der Waals surface area contributed by atoms with E-state index in [-0.39, 0.29) is 16.7 Å². The molecule has 6 nitrogen and oxygen atoms in total. The fourth-order valence-corrected chi connectivity index (χ4v) is 3.92. The second-order valence-electron chi connectivity index (χ2n) is 7.97. The molecule has 1 aliphatic rings. The second-order valence-corrected chi connectivity index (χ2v) is 7.97. The van der Waals surface area contributed by atoms with Crippen molar-refractivity contribution in [2.75, 3.05) is 19.0 Å². The Kier molecular flexibility index (Phi) is 5.47. The van der Waals surface area contributed by atoms with Crippen LogP contribution in [0.4, 0.5) is 19.0 Å². The van der Waals surface area contributed by atoms with Gasteiger partial charge in [-0.1, -0.05) is 18.2 Å². The number of benzene rings is 1. The molecule has 2 aromatic heterocycles. The molecule has 1 atom stereocenters. The van der Waals surface area contributed by atoms with Gasteiger partial charge in [-0.05, 0) is 26.7 Å². The molecule has 164 valence electrons. The average Bonchev–Trinajstić information content (AvgIpc) is 3.47. The number of methoxy groups -OCH3 is 1. The zero-order chi connectivity index (χ0) is 22.3. The Balaban J connectivity index is 1.77. The number of anilines is 1. The highest BCUT2D eigenvalue weighted by molar-refractivity contribution is 5.88. The lowest BCUT2D eigenvalue weighted by molar-refractivity contribution is 0.142. The average molecular weight is 432 g/mol. The molecule has 0 saturated heterocycles. The number of aryl methyl sites for hydroxylation is 1. The number of pyridine rings is 1. The van der Waals surface area contributed by atoms with Crippen molar-refractivity contribution in [2.24, 2.45) is 0 Å². The molecule has 2 heterocycles. The van der Waals surface area contributed by atoms with Crippen LogP contribution >= 0.6 is 0 Å². The molecule has 4 rings (SSSR count). The Bertz CT molecular complexity index is 1190. The largest absolute Gasteiger partial charge is 0.382 e. The van der Waals surface area contributed by atoms with Gasteiger partial charge in [0.25, 0.3) is 12.0 Å². The minimum absolute atomic E-state index is 0.105. The van der Waals surface area contributed by atoms with E-state index in [1.807, 2.05) is 0 Å². The van der Waals surface area contributed by atoms with Gasteiger partial charge in [0.15, 0.2) is 0 Å². The molecule has 0 amide bonds. The highest BCUT2D eigenvalue weighted by atomic mass is 19.3. The monoisotopic (exact) mass is 432 g/mol. The smallest absolute Gasteiger partial charge is 0.266 e. The van der Waals surface area contributed by atoms with Crippen LogP contribution < -0.4 is 10.9 Å². The number of aromatic nitrogens is 3. The van der Waals surface area contributed by atoms with Crippen molar-refractivity contribution in [1.82, 2.24) is 14.5 Å². The predicted octanol–water partition coefficient (Wildman–Crippen LogP) is 4.49. The fourth-order valence-electron chi connectivity index (χ4n) is 3.92. The van der Waals surface area contributed by atoms with Crippen LogP contribution in [0.1, 0.15) is 49.2 Å². The van der Waals surface area contributed by atoms with Crippen LogP contribution in [0, 0.1) is 12.7 Å². The number of hydrogen-bond donors (Lipinski definition) is 1. The molecule has 1 saturated carbocycles. The third kappa shape index (κ3) is 3.89. The van der Waals surface area contributed by atoms with Crippen molar-refractivity contribution in [1.29, 1.82) is 0 Å². The minimum Gasteiger partial charge on any atom is -0.382 e. The summed E-state index contributed by atoms with van der Waals surface area (Å²) in [5, 5.41) is 3.70. The Morgan fingerprint density at radius 2 is 1.97 bits per heavy atom. The SMILES string of the molecule is COCC1(n2cc3c(N[C@H](C)c4cccc(C(F)F)c4F)nc(C)nc3cc2=O)CC1. The van der Waals surface area contributed by atoms with Crippen LogP contribution in [0.3, 0.4) is 0 Å². The fraction of sp³-hybridized carbons (Fsp3) is 0.409. The number of rotatable bonds is 7. The molecule has 0 spiro atoms. The third-order valence-corrected chi connectivity index (χ3v) is 5.71. The number of halogens is 3. The number of hydrogen-bond acceptors (Lipinski definition) is 5. The van der Waals surface area contributed by atoms with Crippen LogP contribution in [0.15, 0.2) is 35.3 Å². The molecule has 1 aliphatic carbocycles. The minimum atomic E-state index is -2.90. The Morgan fingerprint density at radius 1 is 1.26 bits per heavy atom. The zero-order valence-electron chi connectivity index (χ0n) is 17.5. The highest BCUT2D eigenvalue weighted by Crippen LogP contribution is 2.43. The first-order valence-corrected chi connectivity index (χ1v) is 9.99. The molecule has 31 heavy (non-hydrogen) atoms. The molecule has 0 aliphatic heterocycles. The lowest BCUT2D eigenvalue weighted by Gasteiger charge is -2.21. The molecule has 1 N–H and O–H groups in total. The number of nitrogens with zero attached hydrogens (tertiary/aromatic N) is 3. The quantitative estimate of drug-likeness (QED) is 0.596. The summed E-state index contributed by atoms with van der Waals surface area (Å²) in [6.45, 7) is 3.77. The first-order chi connectivity index (χ1) is 14.8. The lowest BCUT2D eigenvalue weighted by Crippen LogP contribution is -2.33. The van der Waals surface area contributed by atoms with Gasteiger partial charge in [0, 0.05) is 24.9 Å². The van der Waals surface area contributed by atoms with Gasteiger partial charge < -0.3 is 14.6 Å². The Labute approximate surface area is 177 Å².